The number of thioether (sulfide) groups is 1. The molecule has 0 bridgehead atoms. The molecule has 0 aromatic heterocycles. The normalized spacial score (nSPS) is 15.5. The number of ether oxygens (including phenoxy) is 2. The fraction of sp³-hybridized carbons (Fsp3) is 0.0714. The van der Waals surface area contributed by atoms with Gasteiger partial charge in [-0.05, 0) is 76.1 Å². The highest BCUT2D eigenvalue weighted by molar-refractivity contribution is 8.18. The van der Waals surface area contributed by atoms with Gasteiger partial charge in [-0.25, -0.2) is 4.99 Å². The molecule has 0 radical (unpaired) electrons. The summed E-state index contributed by atoms with van der Waals surface area (Å²) in [5, 5.41) is 6.29. The van der Waals surface area contributed by atoms with Crippen molar-refractivity contribution in [2.24, 2.45) is 4.99 Å². The molecule has 4 aromatic carbocycles. The van der Waals surface area contributed by atoms with E-state index in [2.05, 4.69) is 34.6 Å². The summed E-state index contributed by atoms with van der Waals surface area (Å²) in [4.78, 5) is 17.5. The number of nitrogens with zero attached hydrogens (tertiary/aromatic N) is 1. The maximum Gasteiger partial charge on any atom is 0.264 e. The van der Waals surface area contributed by atoms with E-state index >= 15 is 0 Å². The van der Waals surface area contributed by atoms with Crippen LogP contribution in [0.1, 0.15) is 11.1 Å². The molecule has 5 rings (SSSR count). The van der Waals surface area contributed by atoms with Crippen LogP contribution in [0.15, 0.2) is 94.8 Å². The molecule has 1 N–H and O–H groups in total. The first-order chi connectivity index (χ1) is 17.1. The van der Waals surface area contributed by atoms with Crippen LogP contribution < -0.4 is 14.8 Å². The molecule has 4 aromatic rings. The number of carbonyl (C=O) groups excluding carboxylic acids is 1. The van der Waals surface area contributed by atoms with Gasteiger partial charge in [0.15, 0.2) is 16.7 Å². The molecule has 7 heteroatoms. The highest BCUT2D eigenvalue weighted by Gasteiger charge is 2.24. The van der Waals surface area contributed by atoms with E-state index in [1.807, 2.05) is 36.4 Å². The third-order valence-corrected chi connectivity index (χ3v) is 6.62. The average Bonchev–Trinajstić information content (AvgIpc) is 3.22. The van der Waals surface area contributed by atoms with E-state index in [9.17, 15) is 4.79 Å². The summed E-state index contributed by atoms with van der Waals surface area (Å²) < 4.78 is 11.7. The van der Waals surface area contributed by atoms with E-state index in [1.165, 1.54) is 17.1 Å². The van der Waals surface area contributed by atoms with Crippen LogP contribution in [0.2, 0.25) is 5.02 Å². The predicted molar refractivity (Wildman–Crippen MR) is 144 cm³/mol. The van der Waals surface area contributed by atoms with Gasteiger partial charge >= 0.3 is 0 Å². The van der Waals surface area contributed by atoms with Crippen molar-refractivity contribution in [3.63, 3.8) is 0 Å². The van der Waals surface area contributed by atoms with Gasteiger partial charge in [-0.1, -0.05) is 60.1 Å². The first-order valence-corrected chi connectivity index (χ1v) is 12.1. The van der Waals surface area contributed by atoms with E-state index < -0.39 is 0 Å². The summed E-state index contributed by atoms with van der Waals surface area (Å²) in [5.41, 5.74) is 2.64. The Morgan fingerprint density at radius 1 is 0.971 bits per heavy atom. The van der Waals surface area contributed by atoms with Gasteiger partial charge in [-0.3, -0.25) is 4.79 Å². The molecule has 0 saturated carbocycles. The van der Waals surface area contributed by atoms with Crippen LogP contribution in [0.3, 0.4) is 0 Å². The Labute approximate surface area is 212 Å². The molecule has 1 amide bonds. The monoisotopic (exact) mass is 500 g/mol. The van der Waals surface area contributed by atoms with Gasteiger partial charge in [0.05, 0.1) is 17.7 Å². The maximum atomic E-state index is 12.5. The Hall–Kier alpha value is -3.74. The van der Waals surface area contributed by atoms with E-state index in [0.29, 0.717) is 38.9 Å². The lowest BCUT2D eigenvalue weighted by molar-refractivity contribution is -0.115. The minimum Gasteiger partial charge on any atom is -0.493 e. The molecule has 1 heterocycles. The fourth-order valence-electron chi connectivity index (χ4n) is 3.73. The zero-order valence-electron chi connectivity index (χ0n) is 18.8. The lowest BCUT2D eigenvalue weighted by Gasteiger charge is -2.13. The first kappa shape index (κ1) is 23.0. The van der Waals surface area contributed by atoms with Crippen LogP contribution >= 0.6 is 23.4 Å². The van der Waals surface area contributed by atoms with Crippen molar-refractivity contribution in [1.82, 2.24) is 5.32 Å². The molecule has 0 unspecified atom stereocenters. The number of carbonyl (C=O) groups is 1. The number of fused-ring (bicyclic) bond motifs is 1. The smallest absolute Gasteiger partial charge is 0.264 e. The van der Waals surface area contributed by atoms with Crippen LogP contribution in [-0.2, 0) is 11.4 Å². The predicted octanol–water partition coefficient (Wildman–Crippen LogP) is 6.97. The first-order valence-electron chi connectivity index (χ1n) is 10.9. The lowest BCUT2D eigenvalue weighted by Crippen LogP contribution is -2.19. The molecule has 1 aliphatic rings. The molecule has 0 atom stereocenters. The number of benzene rings is 4. The summed E-state index contributed by atoms with van der Waals surface area (Å²) >= 11 is 7.21. The summed E-state index contributed by atoms with van der Waals surface area (Å²) in [6.07, 6.45) is 1.81. The van der Waals surface area contributed by atoms with Crippen molar-refractivity contribution in [2.45, 2.75) is 6.61 Å². The van der Waals surface area contributed by atoms with Crippen LogP contribution in [-0.4, -0.2) is 18.2 Å². The Morgan fingerprint density at radius 3 is 2.60 bits per heavy atom. The second-order valence-corrected chi connectivity index (χ2v) is 9.26. The van der Waals surface area contributed by atoms with Gasteiger partial charge in [0.1, 0.15) is 6.61 Å². The van der Waals surface area contributed by atoms with Crippen LogP contribution in [0.5, 0.6) is 11.5 Å². The zero-order valence-corrected chi connectivity index (χ0v) is 20.4. The standard InChI is InChI=1S/C28H21ClN2O3S/c1-33-25-15-18(16-26-27(32)31-28(35-26)30-22-12-10-21(29)11-13-22)9-14-24(25)34-17-20-7-4-6-19-5-2-3-8-23(19)20/h2-16H,17H2,1H3,(H,30,31,32)/b26-16-. The molecule has 35 heavy (non-hydrogen) atoms. The van der Waals surface area contributed by atoms with Gasteiger partial charge in [-0.2, -0.15) is 0 Å². The molecule has 5 nitrogen and oxygen atoms in total. The second kappa shape index (κ2) is 10.3. The summed E-state index contributed by atoms with van der Waals surface area (Å²) in [5.74, 6) is 1.03. The topological polar surface area (TPSA) is 59.9 Å². The van der Waals surface area contributed by atoms with Crippen molar-refractivity contribution in [2.75, 3.05) is 7.11 Å². The number of amides is 1. The largest absolute Gasteiger partial charge is 0.493 e. The number of aliphatic imine (C=N–C) groups is 1. The minimum absolute atomic E-state index is 0.196. The highest BCUT2D eigenvalue weighted by atomic mass is 35.5. The summed E-state index contributed by atoms with van der Waals surface area (Å²) in [6.45, 7) is 0.418. The number of methoxy groups -OCH3 is 1. The Kier molecular flexibility index (Phi) is 6.75. The van der Waals surface area contributed by atoms with Gasteiger partial charge < -0.3 is 14.8 Å². The highest BCUT2D eigenvalue weighted by Crippen LogP contribution is 2.33. The molecule has 1 aliphatic heterocycles. The number of nitrogens with one attached hydrogen (secondary N) is 1. The average molecular weight is 501 g/mol. The number of rotatable bonds is 6. The number of halogens is 1. The van der Waals surface area contributed by atoms with E-state index in [-0.39, 0.29) is 5.91 Å². The third kappa shape index (κ3) is 5.34. The van der Waals surface area contributed by atoms with Crippen molar-refractivity contribution in [3.05, 3.63) is 106 Å². The van der Waals surface area contributed by atoms with Crippen molar-refractivity contribution < 1.29 is 14.3 Å². The Morgan fingerprint density at radius 2 is 1.77 bits per heavy atom. The Bertz CT molecular complexity index is 1460. The number of hydrogen-bond donors (Lipinski definition) is 1. The van der Waals surface area contributed by atoms with Crippen LogP contribution in [0.4, 0.5) is 5.69 Å². The molecule has 0 aliphatic carbocycles. The number of amidine groups is 1. The van der Waals surface area contributed by atoms with E-state index in [4.69, 9.17) is 21.1 Å². The van der Waals surface area contributed by atoms with Crippen molar-refractivity contribution in [1.29, 1.82) is 0 Å². The van der Waals surface area contributed by atoms with Gasteiger partial charge in [0, 0.05) is 5.02 Å². The summed E-state index contributed by atoms with van der Waals surface area (Å²) in [7, 11) is 1.60. The van der Waals surface area contributed by atoms with Gasteiger partial charge in [-0.15, -0.1) is 0 Å². The maximum absolute atomic E-state index is 12.5. The van der Waals surface area contributed by atoms with E-state index in [0.717, 1.165) is 16.5 Å². The molecular weight excluding hydrogens is 480 g/mol. The van der Waals surface area contributed by atoms with Crippen molar-refractivity contribution >= 4 is 57.0 Å². The van der Waals surface area contributed by atoms with Crippen LogP contribution in [0, 0.1) is 0 Å². The van der Waals surface area contributed by atoms with Gasteiger partial charge in [0.2, 0.25) is 0 Å². The molecule has 0 spiro atoms. The third-order valence-electron chi connectivity index (χ3n) is 5.46. The fourth-order valence-corrected chi connectivity index (χ4v) is 4.70. The minimum atomic E-state index is -0.196. The molecule has 1 saturated heterocycles. The SMILES string of the molecule is COc1cc(/C=C2\SC(=Nc3ccc(Cl)cc3)NC2=O)ccc1OCc1cccc2ccccc12. The molecule has 174 valence electrons. The zero-order chi connectivity index (χ0) is 24.2. The summed E-state index contributed by atoms with van der Waals surface area (Å²) in [6, 6.07) is 27.1. The quantitative estimate of drug-likeness (QED) is 0.290. The van der Waals surface area contributed by atoms with Crippen molar-refractivity contribution in [3.8, 4) is 11.5 Å². The second-order valence-electron chi connectivity index (χ2n) is 7.80. The van der Waals surface area contributed by atoms with E-state index in [1.54, 1.807) is 37.5 Å². The van der Waals surface area contributed by atoms with Gasteiger partial charge in [0.25, 0.3) is 5.91 Å². The lowest BCUT2D eigenvalue weighted by atomic mass is 10.1. The van der Waals surface area contributed by atoms with Crippen LogP contribution in [0.25, 0.3) is 16.8 Å². The molecule has 1 fully saturated rings. The number of hydrogen-bond acceptors (Lipinski definition) is 5. The molecular formula is C28H21ClN2O3S. The Balaban J connectivity index is 1.32.